The third kappa shape index (κ3) is 3.68. The summed E-state index contributed by atoms with van der Waals surface area (Å²) in [5, 5.41) is 6.21. The Balaban J connectivity index is 1.10. The molecule has 4 fully saturated rings. The molecular formula is C35H40Br2N2O4. The highest BCUT2D eigenvalue weighted by Gasteiger charge is 2.77. The van der Waals surface area contributed by atoms with Gasteiger partial charge in [-0.05, 0) is 78.3 Å². The number of hydrogen-bond acceptors (Lipinski definition) is 4. The number of ketones is 2. The van der Waals surface area contributed by atoms with E-state index in [4.69, 9.17) is 0 Å². The van der Waals surface area contributed by atoms with Crippen molar-refractivity contribution in [1.29, 1.82) is 0 Å². The monoisotopic (exact) mass is 710 g/mol. The van der Waals surface area contributed by atoms with Gasteiger partial charge in [0.15, 0.2) is 11.6 Å². The summed E-state index contributed by atoms with van der Waals surface area (Å²) in [5.41, 5.74) is 0.173. The van der Waals surface area contributed by atoms with Crippen LogP contribution in [0.5, 0.6) is 0 Å². The second kappa shape index (κ2) is 9.59. The van der Waals surface area contributed by atoms with Crippen LogP contribution in [0.2, 0.25) is 0 Å². The van der Waals surface area contributed by atoms with Crippen molar-refractivity contribution in [2.24, 2.45) is 32.5 Å². The van der Waals surface area contributed by atoms with Gasteiger partial charge in [-0.15, -0.1) is 0 Å². The molecule has 0 aliphatic heterocycles. The first-order chi connectivity index (χ1) is 20.0. The fourth-order valence-corrected chi connectivity index (χ4v) is 12.1. The highest BCUT2D eigenvalue weighted by Crippen LogP contribution is 2.73. The van der Waals surface area contributed by atoms with Crippen LogP contribution in [0.15, 0.2) is 48.5 Å². The molecule has 8 heteroatoms. The summed E-state index contributed by atoms with van der Waals surface area (Å²) < 4.78 is 0. The van der Waals surface area contributed by atoms with E-state index in [0.717, 1.165) is 24.0 Å². The maximum atomic E-state index is 13.7. The van der Waals surface area contributed by atoms with Crippen LogP contribution >= 0.6 is 31.9 Å². The molecule has 43 heavy (non-hydrogen) atoms. The van der Waals surface area contributed by atoms with Gasteiger partial charge >= 0.3 is 0 Å². The second-order valence-corrected chi connectivity index (χ2v) is 16.6. The predicted octanol–water partition coefficient (Wildman–Crippen LogP) is 7.47. The summed E-state index contributed by atoms with van der Waals surface area (Å²) in [5.74, 6) is 0.0621. The van der Waals surface area contributed by atoms with Crippen LogP contribution in [-0.2, 0) is 25.6 Å². The summed E-state index contributed by atoms with van der Waals surface area (Å²) in [7, 11) is 0. The smallest absolute Gasteiger partial charge is 0.232 e. The minimum absolute atomic E-state index is 0.0994. The van der Waals surface area contributed by atoms with Crippen LogP contribution in [0.3, 0.4) is 0 Å². The van der Waals surface area contributed by atoms with Crippen molar-refractivity contribution in [2.45, 2.75) is 83.3 Å². The number of rotatable bonds is 6. The zero-order valence-corrected chi connectivity index (χ0v) is 28.9. The number of amides is 2. The van der Waals surface area contributed by atoms with E-state index >= 15 is 0 Å². The van der Waals surface area contributed by atoms with Crippen molar-refractivity contribution >= 4 is 66.6 Å². The Morgan fingerprint density at radius 3 is 1.23 bits per heavy atom. The molecule has 0 heterocycles. The van der Waals surface area contributed by atoms with Crippen molar-refractivity contribution in [3.05, 3.63) is 59.7 Å². The Hall–Kier alpha value is -2.32. The molecule has 4 aliphatic rings. The molecular weight excluding hydrogens is 672 g/mol. The van der Waals surface area contributed by atoms with Crippen molar-refractivity contribution < 1.29 is 19.2 Å². The van der Waals surface area contributed by atoms with Crippen LogP contribution < -0.4 is 10.6 Å². The fraction of sp³-hybridized carbons (Fsp3) is 0.543. The molecule has 4 bridgehead atoms. The Labute approximate surface area is 270 Å². The number of halogens is 2. The highest BCUT2D eigenvalue weighted by atomic mass is 79.9. The number of carbonyl (C=O) groups excluding carboxylic acids is 4. The highest BCUT2D eigenvalue weighted by molar-refractivity contribution is 9.10. The zero-order chi connectivity index (χ0) is 31.4. The van der Waals surface area contributed by atoms with Gasteiger partial charge in [-0.25, -0.2) is 0 Å². The van der Waals surface area contributed by atoms with E-state index in [1.54, 1.807) is 0 Å². The van der Waals surface area contributed by atoms with E-state index in [2.05, 4.69) is 70.2 Å². The van der Waals surface area contributed by atoms with Crippen molar-refractivity contribution in [3.63, 3.8) is 0 Å². The first-order valence-electron chi connectivity index (χ1n) is 15.2. The standard InChI is InChI=1S/C35H40Br2N2O4/c1-30(2)32(5)15-17-34(30,24(36)26(32)40)28(42)38-22-11-7-20(8-12-22)19-21-9-13-23(14-10-21)39-29(43)35-18-16-33(6,31(35,3)4)27(41)25(35)37/h7-14,24-25H,15-19H2,1-6H3,(H,38,42)(H,39,43). The maximum Gasteiger partial charge on any atom is 0.232 e. The lowest BCUT2D eigenvalue weighted by molar-refractivity contribution is -0.131. The van der Waals surface area contributed by atoms with Gasteiger partial charge < -0.3 is 10.6 Å². The first-order valence-corrected chi connectivity index (χ1v) is 17.0. The molecule has 0 saturated heterocycles. The lowest BCUT2D eigenvalue weighted by Crippen LogP contribution is -2.47. The number of benzene rings is 2. The molecule has 6 nitrogen and oxygen atoms in total. The number of fused-ring (bicyclic) bond motifs is 4. The zero-order valence-electron chi connectivity index (χ0n) is 25.7. The molecule has 6 rings (SSSR count). The molecule has 228 valence electrons. The van der Waals surface area contributed by atoms with Crippen LogP contribution in [0.4, 0.5) is 11.4 Å². The number of alkyl halides is 2. The van der Waals surface area contributed by atoms with E-state index in [9.17, 15) is 19.2 Å². The Bertz CT molecular complexity index is 1430. The number of Topliss-reactive ketones (excluding diaryl/α,β-unsaturated/α-hetero) is 2. The van der Waals surface area contributed by atoms with Crippen LogP contribution in [0.1, 0.15) is 78.4 Å². The Kier molecular flexibility index (Phi) is 6.85. The average molecular weight is 713 g/mol. The van der Waals surface area contributed by atoms with Gasteiger partial charge in [0.05, 0.1) is 20.5 Å². The second-order valence-electron chi connectivity index (χ2n) is 14.8. The summed E-state index contributed by atoms with van der Waals surface area (Å²) in [4.78, 5) is 52.5. The topological polar surface area (TPSA) is 92.3 Å². The van der Waals surface area contributed by atoms with E-state index in [1.165, 1.54) is 0 Å². The average Bonchev–Trinajstić information content (AvgIpc) is 3.40. The number of hydrogen-bond donors (Lipinski definition) is 2. The van der Waals surface area contributed by atoms with Gasteiger partial charge in [0.2, 0.25) is 11.8 Å². The van der Waals surface area contributed by atoms with Gasteiger partial charge in [0, 0.05) is 22.2 Å². The van der Waals surface area contributed by atoms with Crippen molar-refractivity contribution in [1.82, 2.24) is 0 Å². The summed E-state index contributed by atoms with van der Waals surface area (Å²) in [6.45, 7) is 12.2. The third-order valence-corrected chi connectivity index (χ3v) is 15.5. The van der Waals surface area contributed by atoms with Gasteiger partial charge in [0.1, 0.15) is 0 Å². The molecule has 0 spiro atoms. The minimum atomic E-state index is -0.774. The molecule has 4 aliphatic carbocycles. The van der Waals surface area contributed by atoms with E-state index in [-0.39, 0.29) is 23.4 Å². The van der Waals surface area contributed by atoms with Crippen molar-refractivity contribution in [2.75, 3.05) is 10.6 Å². The summed E-state index contributed by atoms with van der Waals surface area (Å²) >= 11 is 7.19. The molecule has 2 N–H and O–H groups in total. The molecule has 2 aromatic carbocycles. The lowest BCUT2D eigenvalue weighted by Gasteiger charge is -2.39. The quantitative estimate of drug-likeness (QED) is 0.304. The SMILES string of the molecule is CC12CCC(C(=O)Nc3ccc(Cc4ccc(NC(=O)C56CCC(C)(C(=O)C5Br)C6(C)C)cc4)cc3)(C(Br)C1=O)C2(C)C. The van der Waals surface area contributed by atoms with E-state index < -0.39 is 42.1 Å². The lowest BCUT2D eigenvalue weighted by atomic mass is 9.64. The molecule has 2 aromatic rings. The van der Waals surface area contributed by atoms with E-state index in [0.29, 0.717) is 30.6 Å². The number of carbonyl (C=O) groups is 4. The molecule has 4 saturated carbocycles. The van der Waals surface area contributed by atoms with Crippen LogP contribution in [0.25, 0.3) is 0 Å². The molecule has 0 radical (unpaired) electrons. The number of nitrogens with one attached hydrogen (secondary N) is 2. The normalized spacial score (nSPS) is 36.7. The van der Waals surface area contributed by atoms with Gasteiger partial charge in [-0.1, -0.05) is 97.7 Å². The largest absolute Gasteiger partial charge is 0.326 e. The van der Waals surface area contributed by atoms with Crippen molar-refractivity contribution in [3.8, 4) is 0 Å². The van der Waals surface area contributed by atoms with Gasteiger partial charge in [-0.2, -0.15) is 0 Å². The minimum Gasteiger partial charge on any atom is -0.326 e. The molecule has 6 unspecified atom stereocenters. The van der Waals surface area contributed by atoms with Gasteiger partial charge in [-0.3, -0.25) is 19.2 Å². The third-order valence-electron chi connectivity index (χ3n) is 13.1. The maximum absolute atomic E-state index is 13.7. The molecule has 0 aromatic heterocycles. The Morgan fingerprint density at radius 2 is 0.953 bits per heavy atom. The summed E-state index contributed by atoms with van der Waals surface area (Å²) in [6.07, 6.45) is 3.52. The Morgan fingerprint density at radius 1 is 0.628 bits per heavy atom. The number of anilines is 2. The van der Waals surface area contributed by atoms with Crippen LogP contribution in [-0.4, -0.2) is 33.0 Å². The van der Waals surface area contributed by atoms with E-state index in [1.807, 2.05) is 62.4 Å². The molecule has 2 amide bonds. The first kappa shape index (κ1) is 30.7. The van der Waals surface area contributed by atoms with Gasteiger partial charge in [0.25, 0.3) is 0 Å². The molecule has 6 atom stereocenters. The summed E-state index contributed by atoms with van der Waals surface area (Å²) in [6, 6.07) is 15.7. The predicted molar refractivity (Wildman–Crippen MR) is 176 cm³/mol. The van der Waals surface area contributed by atoms with Crippen LogP contribution in [0, 0.1) is 32.5 Å². The fourth-order valence-electron chi connectivity index (χ4n) is 9.04.